The molecular weight excluding hydrogens is 316 g/mol. The number of rotatable bonds is 2. The Morgan fingerprint density at radius 3 is 2.72 bits per heavy atom. The first-order valence-corrected chi connectivity index (χ1v) is 8.56. The van der Waals surface area contributed by atoms with Crippen molar-refractivity contribution in [1.29, 1.82) is 0 Å². The van der Waals surface area contributed by atoms with Crippen molar-refractivity contribution in [3.8, 4) is 0 Å². The highest BCUT2D eigenvalue weighted by atomic mass is 16.6. The molecule has 0 saturated heterocycles. The molecule has 0 unspecified atom stereocenters. The van der Waals surface area contributed by atoms with Crippen LogP contribution in [0, 0.1) is 0 Å². The molecule has 0 aliphatic carbocycles. The van der Waals surface area contributed by atoms with Gasteiger partial charge in [0.2, 0.25) is 0 Å². The van der Waals surface area contributed by atoms with E-state index in [1.807, 2.05) is 52.2 Å². The van der Waals surface area contributed by atoms with Gasteiger partial charge in [-0.1, -0.05) is 6.08 Å². The number of nitrogens with zero attached hydrogens (tertiary/aromatic N) is 3. The van der Waals surface area contributed by atoms with Crippen LogP contribution in [0.4, 0.5) is 10.6 Å². The Kier molecular flexibility index (Phi) is 4.45. The first kappa shape index (κ1) is 17.3. The van der Waals surface area contributed by atoms with Crippen LogP contribution >= 0.6 is 0 Å². The Labute approximate surface area is 148 Å². The minimum absolute atomic E-state index is 0.251. The number of pyridine rings is 1. The lowest BCUT2D eigenvalue weighted by atomic mass is 10.00. The summed E-state index contributed by atoms with van der Waals surface area (Å²) in [6.45, 7) is 6.89. The van der Waals surface area contributed by atoms with Crippen LogP contribution in [-0.2, 0) is 4.74 Å². The fraction of sp³-hybridized carbons (Fsp3) is 0.474. The van der Waals surface area contributed by atoms with Crippen molar-refractivity contribution in [1.82, 2.24) is 14.9 Å². The van der Waals surface area contributed by atoms with E-state index in [9.17, 15) is 4.79 Å². The quantitative estimate of drug-likeness (QED) is 0.905. The van der Waals surface area contributed by atoms with Gasteiger partial charge in [-0.2, -0.15) is 0 Å². The summed E-state index contributed by atoms with van der Waals surface area (Å²) in [4.78, 5) is 23.7. The van der Waals surface area contributed by atoms with E-state index >= 15 is 0 Å². The Morgan fingerprint density at radius 2 is 2.12 bits per heavy atom. The van der Waals surface area contributed by atoms with E-state index < -0.39 is 5.60 Å². The van der Waals surface area contributed by atoms with Gasteiger partial charge in [-0.3, -0.25) is 0 Å². The van der Waals surface area contributed by atoms with Crippen molar-refractivity contribution < 1.29 is 9.53 Å². The van der Waals surface area contributed by atoms with Crippen molar-refractivity contribution >= 4 is 28.4 Å². The third kappa shape index (κ3) is 3.78. The highest BCUT2D eigenvalue weighted by Crippen LogP contribution is 2.30. The number of H-pyrrole nitrogens is 1. The summed E-state index contributed by atoms with van der Waals surface area (Å²) in [5.74, 6) is 0.926. The number of aromatic nitrogens is 2. The lowest BCUT2D eigenvalue weighted by molar-refractivity contribution is 0.0270. The van der Waals surface area contributed by atoms with E-state index in [1.54, 1.807) is 4.90 Å². The van der Waals surface area contributed by atoms with Gasteiger partial charge in [-0.15, -0.1) is 0 Å². The van der Waals surface area contributed by atoms with Crippen LogP contribution in [0.25, 0.3) is 16.5 Å². The van der Waals surface area contributed by atoms with E-state index in [4.69, 9.17) is 4.74 Å². The maximum atomic E-state index is 12.2. The molecule has 0 aromatic carbocycles. The molecular formula is C19H26N4O2. The number of nitrogens with one attached hydrogen (secondary N) is 1. The zero-order chi connectivity index (χ0) is 18.2. The number of hydrogen-bond donors (Lipinski definition) is 1. The van der Waals surface area contributed by atoms with E-state index in [2.05, 4.69) is 22.1 Å². The number of aromatic amines is 1. The molecule has 1 aliphatic heterocycles. The highest BCUT2D eigenvalue weighted by molar-refractivity contribution is 5.93. The van der Waals surface area contributed by atoms with Gasteiger partial charge in [0.1, 0.15) is 11.4 Å². The average Bonchev–Trinajstić information content (AvgIpc) is 2.96. The van der Waals surface area contributed by atoms with Crippen molar-refractivity contribution in [3.05, 3.63) is 30.1 Å². The second-order valence-electron chi connectivity index (χ2n) is 7.59. The zero-order valence-corrected chi connectivity index (χ0v) is 15.6. The summed E-state index contributed by atoms with van der Waals surface area (Å²) in [7, 11) is 3.96. The molecule has 3 heterocycles. The third-order valence-corrected chi connectivity index (χ3v) is 4.22. The lowest BCUT2D eigenvalue weighted by Crippen LogP contribution is -2.39. The molecule has 0 atom stereocenters. The molecule has 0 fully saturated rings. The Hall–Kier alpha value is -2.50. The molecule has 25 heavy (non-hydrogen) atoms. The maximum Gasteiger partial charge on any atom is 0.410 e. The van der Waals surface area contributed by atoms with E-state index in [0.29, 0.717) is 13.1 Å². The second-order valence-corrected chi connectivity index (χ2v) is 7.59. The molecule has 1 N–H and O–H groups in total. The summed E-state index contributed by atoms with van der Waals surface area (Å²) >= 11 is 0. The standard InChI is InChI=1S/C19H26N4O2/c1-19(2,3)25-18(24)23-8-6-13(7-9-23)14-11-20-16-10-17(22(4)5)21-12-15(14)16/h6,10-12,20H,7-9H2,1-5H3. The van der Waals surface area contributed by atoms with E-state index in [1.165, 1.54) is 5.57 Å². The normalized spacial score (nSPS) is 15.2. The number of fused-ring (bicyclic) bond motifs is 1. The first-order valence-electron chi connectivity index (χ1n) is 8.56. The van der Waals surface area contributed by atoms with Gasteiger partial charge >= 0.3 is 6.09 Å². The smallest absolute Gasteiger partial charge is 0.410 e. The number of amides is 1. The molecule has 6 nitrogen and oxygen atoms in total. The fourth-order valence-electron chi connectivity index (χ4n) is 2.92. The Balaban J connectivity index is 1.78. The molecule has 2 aromatic heterocycles. The summed E-state index contributed by atoms with van der Waals surface area (Å²) in [6, 6.07) is 2.05. The number of carbonyl (C=O) groups is 1. The number of ether oxygens (including phenoxy) is 1. The summed E-state index contributed by atoms with van der Waals surface area (Å²) < 4.78 is 5.45. The monoisotopic (exact) mass is 342 g/mol. The lowest BCUT2D eigenvalue weighted by Gasteiger charge is -2.29. The molecule has 3 rings (SSSR count). The van der Waals surface area contributed by atoms with E-state index in [-0.39, 0.29) is 6.09 Å². The summed E-state index contributed by atoms with van der Waals surface area (Å²) in [6.07, 6.45) is 6.61. The molecule has 0 bridgehead atoms. The number of hydrogen-bond acceptors (Lipinski definition) is 4. The predicted molar refractivity (Wildman–Crippen MR) is 101 cm³/mol. The molecule has 6 heteroatoms. The second kappa shape index (κ2) is 6.43. The van der Waals surface area contributed by atoms with E-state index in [0.717, 1.165) is 28.7 Å². The van der Waals surface area contributed by atoms with Gasteiger partial charge in [-0.25, -0.2) is 9.78 Å². The summed E-state index contributed by atoms with van der Waals surface area (Å²) in [5.41, 5.74) is 3.01. The van der Waals surface area contributed by atoms with Gasteiger partial charge in [0.15, 0.2) is 0 Å². The SMILES string of the molecule is CN(C)c1cc2[nH]cc(C3=CCN(C(=O)OC(C)(C)C)CC3)c2cn1. The molecule has 1 aliphatic rings. The van der Waals surface area contributed by atoms with Crippen LogP contribution in [0.3, 0.4) is 0 Å². The third-order valence-electron chi connectivity index (χ3n) is 4.22. The largest absolute Gasteiger partial charge is 0.444 e. The maximum absolute atomic E-state index is 12.2. The van der Waals surface area contributed by atoms with Crippen LogP contribution in [0.1, 0.15) is 32.8 Å². The zero-order valence-electron chi connectivity index (χ0n) is 15.6. The minimum Gasteiger partial charge on any atom is -0.444 e. The molecule has 134 valence electrons. The number of anilines is 1. The van der Waals surface area contributed by atoms with Crippen LogP contribution in [0.15, 0.2) is 24.5 Å². The first-order chi connectivity index (χ1) is 11.7. The van der Waals surface area contributed by atoms with Crippen LogP contribution in [-0.4, -0.2) is 53.7 Å². The van der Waals surface area contributed by atoms with Gasteiger partial charge in [0.05, 0.1) is 5.52 Å². The predicted octanol–water partition coefficient (Wildman–Crippen LogP) is 3.65. The van der Waals surface area contributed by atoms with Crippen LogP contribution in [0.2, 0.25) is 0 Å². The van der Waals surface area contributed by atoms with Crippen molar-refractivity contribution in [2.24, 2.45) is 0 Å². The summed E-state index contributed by atoms with van der Waals surface area (Å²) in [5, 5.41) is 1.11. The molecule has 1 amide bonds. The topological polar surface area (TPSA) is 61.5 Å². The molecule has 2 aromatic rings. The van der Waals surface area contributed by atoms with Crippen molar-refractivity contribution in [2.75, 3.05) is 32.1 Å². The number of carbonyl (C=O) groups excluding carboxylic acids is 1. The molecule has 0 radical (unpaired) electrons. The highest BCUT2D eigenvalue weighted by Gasteiger charge is 2.24. The Morgan fingerprint density at radius 1 is 1.36 bits per heavy atom. The van der Waals surface area contributed by atoms with Crippen molar-refractivity contribution in [2.45, 2.75) is 32.8 Å². The van der Waals surface area contributed by atoms with Gasteiger partial charge in [0, 0.05) is 56.6 Å². The van der Waals surface area contributed by atoms with Gasteiger partial charge in [0.25, 0.3) is 0 Å². The molecule has 0 saturated carbocycles. The van der Waals surface area contributed by atoms with Crippen LogP contribution < -0.4 is 4.90 Å². The minimum atomic E-state index is -0.465. The molecule has 0 spiro atoms. The van der Waals surface area contributed by atoms with Crippen LogP contribution in [0.5, 0.6) is 0 Å². The van der Waals surface area contributed by atoms with Gasteiger partial charge in [-0.05, 0) is 32.8 Å². The Bertz CT molecular complexity index is 814. The fourth-order valence-corrected chi connectivity index (χ4v) is 2.92. The average molecular weight is 342 g/mol. The van der Waals surface area contributed by atoms with Crippen molar-refractivity contribution in [3.63, 3.8) is 0 Å². The van der Waals surface area contributed by atoms with Gasteiger partial charge < -0.3 is 19.5 Å².